The van der Waals surface area contributed by atoms with Gasteiger partial charge in [-0.15, -0.1) is 0 Å². The Morgan fingerprint density at radius 2 is 1.83 bits per heavy atom. The molecule has 1 saturated heterocycles. The molecule has 1 fully saturated rings. The molecule has 2 aliphatic rings. The Morgan fingerprint density at radius 3 is 2.57 bits per heavy atom. The van der Waals surface area contributed by atoms with E-state index in [1.165, 1.54) is 18.2 Å². The van der Waals surface area contributed by atoms with E-state index in [0.717, 1.165) is 4.90 Å². The van der Waals surface area contributed by atoms with Crippen LogP contribution < -0.4 is 10.6 Å². The molecule has 30 heavy (non-hydrogen) atoms. The van der Waals surface area contributed by atoms with Crippen LogP contribution in [-0.4, -0.2) is 45.6 Å². The summed E-state index contributed by atoms with van der Waals surface area (Å²) in [5.41, 5.74) is 1.86. The molecule has 0 spiro atoms. The summed E-state index contributed by atoms with van der Waals surface area (Å²) in [6.45, 7) is 0.302. The van der Waals surface area contributed by atoms with Crippen LogP contribution in [0.1, 0.15) is 49.5 Å². The number of rotatable bonds is 5. The molecule has 4 rings (SSSR count). The quantitative estimate of drug-likeness (QED) is 0.638. The third-order valence-corrected chi connectivity index (χ3v) is 5.11. The number of carboxylic acid groups (broad SMARTS) is 1. The lowest BCUT2D eigenvalue weighted by molar-refractivity contribution is -0.136. The average Bonchev–Trinajstić information content (AvgIpc) is 2.97. The highest BCUT2D eigenvalue weighted by Crippen LogP contribution is 2.28. The van der Waals surface area contributed by atoms with Crippen molar-refractivity contribution < 1.29 is 29.1 Å². The highest BCUT2D eigenvalue weighted by atomic mass is 16.4. The van der Waals surface area contributed by atoms with E-state index < -0.39 is 35.6 Å². The maximum Gasteiger partial charge on any atom is 0.335 e. The first-order valence-corrected chi connectivity index (χ1v) is 9.27. The fraction of sp³-hybridized carbons (Fsp3) is 0.190. The molecular formula is C21H17N3O6. The summed E-state index contributed by atoms with van der Waals surface area (Å²) in [5, 5.41) is 14.3. The SMILES string of the molecule is O=C1CCC(N2C(=O)c3ccc(CNc4cccc(C(=O)O)c4)cc3C2=O)C(=O)N1. The Bertz CT molecular complexity index is 1110. The van der Waals surface area contributed by atoms with Gasteiger partial charge >= 0.3 is 5.97 Å². The number of carboxylic acids is 1. The van der Waals surface area contributed by atoms with Crippen LogP contribution >= 0.6 is 0 Å². The van der Waals surface area contributed by atoms with Gasteiger partial charge in [0, 0.05) is 18.7 Å². The number of carbonyl (C=O) groups excluding carboxylic acids is 4. The van der Waals surface area contributed by atoms with Gasteiger partial charge in [-0.2, -0.15) is 0 Å². The standard InChI is InChI=1S/C21H17N3O6/c25-17-7-6-16(18(26)23-17)24-19(27)14-5-4-11(8-15(14)20(24)28)10-22-13-3-1-2-12(9-13)21(29)30/h1-5,8-9,16,22H,6-7,10H2,(H,29,30)(H,23,25,26). The zero-order valence-corrected chi connectivity index (χ0v) is 15.7. The minimum absolute atomic E-state index is 0.0639. The monoisotopic (exact) mass is 407 g/mol. The van der Waals surface area contributed by atoms with E-state index in [9.17, 15) is 24.0 Å². The average molecular weight is 407 g/mol. The van der Waals surface area contributed by atoms with Crippen LogP contribution in [0.5, 0.6) is 0 Å². The first-order valence-electron chi connectivity index (χ1n) is 9.27. The second-order valence-electron chi connectivity index (χ2n) is 7.07. The minimum atomic E-state index is -1.03. The summed E-state index contributed by atoms with van der Waals surface area (Å²) in [7, 11) is 0. The third-order valence-electron chi connectivity index (χ3n) is 5.11. The lowest BCUT2D eigenvalue weighted by atomic mass is 10.0. The number of hydrogen-bond donors (Lipinski definition) is 3. The zero-order chi connectivity index (χ0) is 21.4. The molecule has 2 aromatic carbocycles. The van der Waals surface area contributed by atoms with Gasteiger partial charge in [-0.25, -0.2) is 4.79 Å². The molecule has 0 saturated carbocycles. The van der Waals surface area contributed by atoms with Crippen molar-refractivity contribution in [1.82, 2.24) is 10.2 Å². The fourth-order valence-electron chi connectivity index (χ4n) is 3.59. The van der Waals surface area contributed by atoms with Crippen molar-refractivity contribution in [2.75, 3.05) is 5.32 Å². The van der Waals surface area contributed by atoms with Crippen molar-refractivity contribution in [3.63, 3.8) is 0 Å². The van der Waals surface area contributed by atoms with Crippen LogP contribution in [0.2, 0.25) is 0 Å². The van der Waals surface area contributed by atoms with Gasteiger partial charge in [0.15, 0.2) is 0 Å². The van der Waals surface area contributed by atoms with Crippen LogP contribution in [0.15, 0.2) is 42.5 Å². The van der Waals surface area contributed by atoms with E-state index in [2.05, 4.69) is 10.6 Å². The van der Waals surface area contributed by atoms with Gasteiger partial charge in [-0.05, 0) is 42.3 Å². The summed E-state index contributed by atoms with van der Waals surface area (Å²) >= 11 is 0. The molecule has 2 heterocycles. The number of benzene rings is 2. The predicted octanol–water partition coefficient (Wildman–Crippen LogP) is 1.40. The van der Waals surface area contributed by atoms with Crippen LogP contribution in [0.25, 0.3) is 0 Å². The van der Waals surface area contributed by atoms with Gasteiger partial charge in [-0.1, -0.05) is 12.1 Å². The Hall–Kier alpha value is -4.01. The van der Waals surface area contributed by atoms with Crippen LogP contribution in [0.3, 0.4) is 0 Å². The molecule has 1 atom stereocenters. The Balaban J connectivity index is 1.52. The van der Waals surface area contributed by atoms with Crippen LogP contribution in [0, 0.1) is 0 Å². The maximum absolute atomic E-state index is 12.8. The molecule has 4 amide bonds. The second-order valence-corrected chi connectivity index (χ2v) is 7.07. The summed E-state index contributed by atoms with van der Waals surface area (Å²) in [5.74, 6) is -3.24. The van der Waals surface area contributed by atoms with E-state index in [-0.39, 0.29) is 29.5 Å². The lowest BCUT2D eigenvalue weighted by Crippen LogP contribution is -2.54. The van der Waals surface area contributed by atoms with Crippen molar-refractivity contribution in [2.24, 2.45) is 0 Å². The van der Waals surface area contributed by atoms with E-state index >= 15 is 0 Å². The van der Waals surface area contributed by atoms with Crippen molar-refractivity contribution in [3.05, 3.63) is 64.7 Å². The van der Waals surface area contributed by atoms with E-state index in [1.807, 2.05) is 0 Å². The van der Waals surface area contributed by atoms with Gasteiger partial charge in [0.25, 0.3) is 11.8 Å². The van der Waals surface area contributed by atoms with Crippen molar-refractivity contribution in [1.29, 1.82) is 0 Å². The molecule has 0 aromatic heterocycles. The summed E-state index contributed by atoms with van der Waals surface area (Å²) in [6, 6.07) is 10.1. The Labute approximate surface area is 170 Å². The van der Waals surface area contributed by atoms with Crippen molar-refractivity contribution >= 4 is 35.3 Å². The minimum Gasteiger partial charge on any atom is -0.478 e. The first-order chi connectivity index (χ1) is 14.3. The fourth-order valence-corrected chi connectivity index (χ4v) is 3.59. The topological polar surface area (TPSA) is 133 Å². The summed E-state index contributed by atoms with van der Waals surface area (Å²) in [4.78, 5) is 61.0. The normalized spacial score (nSPS) is 18.3. The molecule has 3 N–H and O–H groups in total. The molecular weight excluding hydrogens is 390 g/mol. The largest absolute Gasteiger partial charge is 0.478 e. The highest BCUT2D eigenvalue weighted by molar-refractivity contribution is 6.23. The van der Waals surface area contributed by atoms with E-state index in [0.29, 0.717) is 17.8 Å². The summed E-state index contributed by atoms with van der Waals surface area (Å²) < 4.78 is 0. The lowest BCUT2D eigenvalue weighted by Gasteiger charge is -2.27. The number of carbonyl (C=O) groups is 5. The number of piperidine rings is 1. The van der Waals surface area contributed by atoms with Gasteiger partial charge < -0.3 is 10.4 Å². The Kier molecular flexibility index (Phi) is 4.78. The van der Waals surface area contributed by atoms with E-state index in [1.54, 1.807) is 24.3 Å². The molecule has 0 bridgehead atoms. The number of nitrogens with zero attached hydrogens (tertiary/aromatic N) is 1. The molecule has 152 valence electrons. The highest BCUT2D eigenvalue weighted by Gasteiger charge is 2.44. The van der Waals surface area contributed by atoms with Gasteiger partial charge in [0.1, 0.15) is 6.04 Å². The number of imide groups is 2. The number of aromatic carboxylic acids is 1. The summed E-state index contributed by atoms with van der Waals surface area (Å²) in [6.07, 6.45) is 0.166. The van der Waals surface area contributed by atoms with Crippen molar-refractivity contribution in [2.45, 2.75) is 25.4 Å². The molecule has 2 aliphatic heterocycles. The first kappa shape index (κ1) is 19.3. The van der Waals surface area contributed by atoms with Crippen molar-refractivity contribution in [3.8, 4) is 0 Å². The number of amides is 4. The second kappa shape index (κ2) is 7.43. The predicted molar refractivity (Wildman–Crippen MR) is 104 cm³/mol. The number of hydrogen-bond acceptors (Lipinski definition) is 6. The van der Waals surface area contributed by atoms with Crippen LogP contribution in [0.4, 0.5) is 5.69 Å². The maximum atomic E-state index is 12.8. The Morgan fingerprint density at radius 1 is 1.07 bits per heavy atom. The number of fused-ring (bicyclic) bond motifs is 1. The van der Waals surface area contributed by atoms with Crippen LogP contribution in [-0.2, 0) is 16.1 Å². The van der Waals surface area contributed by atoms with Gasteiger partial charge in [-0.3, -0.25) is 29.4 Å². The molecule has 9 heteroatoms. The molecule has 2 aromatic rings. The molecule has 0 aliphatic carbocycles. The molecule has 0 radical (unpaired) electrons. The van der Waals surface area contributed by atoms with Gasteiger partial charge in [0.05, 0.1) is 16.7 Å². The molecule has 9 nitrogen and oxygen atoms in total. The van der Waals surface area contributed by atoms with Gasteiger partial charge in [0.2, 0.25) is 11.8 Å². The zero-order valence-electron chi connectivity index (χ0n) is 15.7. The number of nitrogens with one attached hydrogen (secondary N) is 2. The smallest absolute Gasteiger partial charge is 0.335 e. The number of anilines is 1. The van der Waals surface area contributed by atoms with E-state index in [4.69, 9.17) is 5.11 Å². The molecule has 1 unspecified atom stereocenters. The third kappa shape index (κ3) is 3.41.